The fourth-order valence-electron chi connectivity index (χ4n) is 2.82. The van der Waals surface area contributed by atoms with Crippen molar-refractivity contribution < 1.29 is 9.47 Å². The van der Waals surface area contributed by atoms with Gasteiger partial charge in [0, 0.05) is 6.61 Å². The lowest BCUT2D eigenvalue weighted by Crippen LogP contribution is -2.08. The van der Waals surface area contributed by atoms with E-state index in [0.717, 1.165) is 5.92 Å². The van der Waals surface area contributed by atoms with E-state index in [0.29, 0.717) is 6.61 Å². The zero-order valence-electron chi connectivity index (χ0n) is 12.7. The average Bonchev–Trinajstić information content (AvgIpc) is 2.49. The lowest BCUT2D eigenvalue weighted by molar-refractivity contribution is -0.0874. The smallest absolute Gasteiger partial charge is 0.196 e. The highest BCUT2D eigenvalue weighted by Gasteiger charge is 2.14. The van der Waals surface area contributed by atoms with Crippen molar-refractivity contribution in [1.29, 1.82) is 0 Å². The molecule has 0 bridgehead atoms. The maximum Gasteiger partial charge on any atom is 0.196 e. The molecule has 110 valence electrons. The molecule has 2 rings (SSSR count). The maximum absolute atomic E-state index is 5.43. The number of ether oxygens (including phenoxy) is 2. The van der Waals surface area contributed by atoms with Crippen molar-refractivity contribution in [2.75, 3.05) is 6.61 Å². The minimum absolute atomic E-state index is 0.183. The van der Waals surface area contributed by atoms with Crippen LogP contribution in [0.25, 0.3) is 6.08 Å². The fourth-order valence-corrected chi connectivity index (χ4v) is 2.82. The van der Waals surface area contributed by atoms with Crippen LogP contribution in [-0.2, 0) is 9.47 Å². The maximum atomic E-state index is 5.43. The zero-order chi connectivity index (χ0) is 14.2. The van der Waals surface area contributed by atoms with E-state index in [1.54, 1.807) is 6.26 Å². The standard InChI is InChI=1S/C18H26O2/c1-3-19-15(2)20-14-13-16-9-11-18(12-10-16)17-7-5-4-6-8-17/h9-15,17H,3-8H2,1-2H3. The van der Waals surface area contributed by atoms with Crippen molar-refractivity contribution in [2.24, 2.45) is 0 Å². The summed E-state index contributed by atoms with van der Waals surface area (Å²) in [5.74, 6) is 0.774. The number of hydrogen-bond donors (Lipinski definition) is 0. The van der Waals surface area contributed by atoms with Crippen molar-refractivity contribution in [3.05, 3.63) is 41.7 Å². The van der Waals surface area contributed by atoms with Gasteiger partial charge in [-0.05, 0) is 49.8 Å². The van der Waals surface area contributed by atoms with Crippen LogP contribution >= 0.6 is 0 Å². The molecule has 1 aromatic rings. The van der Waals surface area contributed by atoms with Crippen LogP contribution in [0.1, 0.15) is 63.0 Å². The van der Waals surface area contributed by atoms with Gasteiger partial charge in [-0.3, -0.25) is 0 Å². The van der Waals surface area contributed by atoms with Crippen LogP contribution in [0.5, 0.6) is 0 Å². The number of benzene rings is 1. The summed E-state index contributed by atoms with van der Waals surface area (Å²) in [5.41, 5.74) is 2.67. The highest BCUT2D eigenvalue weighted by Crippen LogP contribution is 2.32. The Labute approximate surface area is 122 Å². The molecule has 0 aromatic heterocycles. The van der Waals surface area contributed by atoms with Crippen molar-refractivity contribution in [3.63, 3.8) is 0 Å². The summed E-state index contributed by atoms with van der Waals surface area (Å²) in [6.45, 7) is 4.54. The predicted molar refractivity (Wildman–Crippen MR) is 83.5 cm³/mol. The molecule has 0 saturated heterocycles. The topological polar surface area (TPSA) is 18.5 Å². The van der Waals surface area contributed by atoms with Crippen LogP contribution in [0.3, 0.4) is 0 Å². The lowest BCUT2D eigenvalue weighted by Gasteiger charge is -2.21. The molecular weight excluding hydrogens is 248 g/mol. The van der Waals surface area contributed by atoms with E-state index in [2.05, 4.69) is 24.3 Å². The summed E-state index contributed by atoms with van der Waals surface area (Å²) < 4.78 is 10.7. The first-order valence-corrected chi connectivity index (χ1v) is 7.83. The van der Waals surface area contributed by atoms with Gasteiger partial charge in [0.15, 0.2) is 6.29 Å². The Morgan fingerprint density at radius 1 is 1.15 bits per heavy atom. The Bertz CT molecular complexity index is 402. The second-order valence-corrected chi connectivity index (χ2v) is 5.46. The molecule has 0 N–H and O–H groups in total. The highest BCUT2D eigenvalue weighted by molar-refractivity contribution is 5.48. The molecule has 1 unspecified atom stereocenters. The van der Waals surface area contributed by atoms with E-state index < -0.39 is 0 Å². The van der Waals surface area contributed by atoms with Crippen LogP contribution in [0.15, 0.2) is 30.5 Å². The summed E-state index contributed by atoms with van der Waals surface area (Å²) in [5, 5.41) is 0. The zero-order valence-corrected chi connectivity index (χ0v) is 12.7. The summed E-state index contributed by atoms with van der Waals surface area (Å²) in [4.78, 5) is 0. The third-order valence-electron chi connectivity index (χ3n) is 3.95. The van der Waals surface area contributed by atoms with E-state index >= 15 is 0 Å². The number of hydrogen-bond acceptors (Lipinski definition) is 2. The second-order valence-electron chi connectivity index (χ2n) is 5.46. The van der Waals surface area contributed by atoms with Crippen LogP contribution in [0.4, 0.5) is 0 Å². The third-order valence-corrected chi connectivity index (χ3v) is 3.95. The largest absolute Gasteiger partial charge is 0.473 e. The fraction of sp³-hybridized carbons (Fsp3) is 0.556. The molecule has 1 fully saturated rings. The molecule has 0 heterocycles. The first-order valence-electron chi connectivity index (χ1n) is 7.83. The monoisotopic (exact) mass is 274 g/mol. The number of rotatable bonds is 6. The van der Waals surface area contributed by atoms with Gasteiger partial charge in [-0.15, -0.1) is 0 Å². The molecular formula is C18H26O2. The first kappa shape index (κ1) is 15.1. The molecule has 1 aliphatic carbocycles. The van der Waals surface area contributed by atoms with Crippen molar-refractivity contribution >= 4 is 6.08 Å². The minimum atomic E-state index is -0.183. The van der Waals surface area contributed by atoms with Crippen LogP contribution in [0, 0.1) is 0 Å². The molecule has 1 atom stereocenters. The highest BCUT2D eigenvalue weighted by atomic mass is 16.7. The SMILES string of the molecule is CCOC(C)OC=Cc1ccc(C2CCCCC2)cc1. The molecule has 0 amide bonds. The van der Waals surface area contributed by atoms with Crippen LogP contribution < -0.4 is 0 Å². The Morgan fingerprint density at radius 3 is 2.50 bits per heavy atom. The Morgan fingerprint density at radius 2 is 1.85 bits per heavy atom. The van der Waals surface area contributed by atoms with Crippen LogP contribution in [-0.4, -0.2) is 12.9 Å². The first-order chi connectivity index (χ1) is 9.79. The van der Waals surface area contributed by atoms with Gasteiger partial charge in [0.1, 0.15) is 0 Å². The summed E-state index contributed by atoms with van der Waals surface area (Å²) in [6, 6.07) is 8.88. The molecule has 2 nitrogen and oxygen atoms in total. The van der Waals surface area contributed by atoms with Crippen LogP contribution in [0.2, 0.25) is 0 Å². The molecule has 0 radical (unpaired) electrons. The molecule has 2 heteroatoms. The van der Waals surface area contributed by atoms with E-state index in [9.17, 15) is 0 Å². The molecule has 0 spiro atoms. The van der Waals surface area contributed by atoms with Gasteiger partial charge in [-0.1, -0.05) is 43.5 Å². The lowest BCUT2D eigenvalue weighted by atomic mass is 9.84. The van der Waals surface area contributed by atoms with E-state index in [-0.39, 0.29) is 6.29 Å². The molecule has 20 heavy (non-hydrogen) atoms. The quantitative estimate of drug-likeness (QED) is 0.530. The Hall–Kier alpha value is -1.28. The van der Waals surface area contributed by atoms with Gasteiger partial charge in [-0.25, -0.2) is 0 Å². The average molecular weight is 274 g/mol. The summed E-state index contributed by atoms with van der Waals surface area (Å²) >= 11 is 0. The summed E-state index contributed by atoms with van der Waals surface area (Å²) in [6.07, 6.45) is 10.4. The van der Waals surface area contributed by atoms with Gasteiger partial charge in [0.2, 0.25) is 0 Å². The van der Waals surface area contributed by atoms with Gasteiger partial charge in [0.05, 0.1) is 6.26 Å². The van der Waals surface area contributed by atoms with E-state index in [1.807, 2.05) is 19.9 Å². The predicted octanol–water partition coefficient (Wildman–Crippen LogP) is 5.10. The van der Waals surface area contributed by atoms with Crippen molar-refractivity contribution in [1.82, 2.24) is 0 Å². The third kappa shape index (κ3) is 4.68. The molecule has 1 saturated carbocycles. The minimum Gasteiger partial charge on any atom is -0.473 e. The van der Waals surface area contributed by atoms with Gasteiger partial charge in [0.25, 0.3) is 0 Å². The Kier molecular flexibility index (Phi) is 6.13. The van der Waals surface area contributed by atoms with E-state index in [1.165, 1.54) is 43.2 Å². The molecule has 0 aliphatic heterocycles. The summed E-state index contributed by atoms with van der Waals surface area (Å²) in [7, 11) is 0. The molecule has 1 aliphatic rings. The normalized spacial score (nSPS) is 18.3. The second kappa shape index (κ2) is 8.11. The van der Waals surface area contributed by atoms with Gasteiger partial charge >= 0.3 is 0 Å². The Balaban J connectivity index is 1.86. The van der Waals surface area contributed by atoms with Crippen molar-refractivity contribution in [2.45, 2.75) is 58.2 Å². The van der Waals surface area contributed by atoms with E-state index in [4.69, 9.17) is 9.47 Å². The van der Waals surface area contributed by atoms with Gasteiger partial charge in [-0.2, -0.15) is 0 Å². The van der Waals surface area contributed by atoms with Gasteiger partial charge < -0.3 is 9.47 Å². The van der Waals surface area contributed by atoms with Crippen molar-refractivity contribution in [3.8, 4) is 0 Å². The molecule has 1 aromatic carbocycles.